The summed E-state index contributed by atoms with van der Waals surface area (Å²) < 4.78 is 0. The molecule has 2 unspecified atom stereocenters. The number of rotatable bonds is 13. The molecule has 0 spiro atoms. The number of aliphatic hydroxyl groups is 1. The van der Waals surface area contributed by atoms with Gasteiger partial charge in [-0.1, -0.05) is 57.6 Å². The number of aliphatic hydroxyl groups excluding tert-OH is 1. The highest BCUT2D eigenvalue weighted by molar-refractivity contribution is 5.88. The minimum atomic E-state index is -0.738. The van der Waals surface area contributed by atoms with Crippen molar-refractivity contribution in [2.24, 2.45) is 5.41 Å². The van der Waals surface area contributed by atoms with Gasteiger partial charge in [-0.2, -0.15) is 0 Å². The molecular formula is C20H34O4. The monoisotopic (exact) mass is 338 g/mol. The van der Waals surface area contributed by atoms with E-state index in [1.165, 1.54) is 0 Å². The number of carbonyl (C=O) groups is 2. The van der Waals surface area contributed by atoms with Crippen LogP contribution in [0.3, 0.4) is 0 Å². The van der Waals surface area contributed by atoms with E-state index in [1.807, 2.05) is 12.2 Å². The normalized spacial score (nSPS) is 22.3. The quantitative estimate of drug-likeness (QED) is 0.379. The molecule has 0 radical (unpaired) electrons. The van der Waals surface area contributed by atoms with Gasteiger partial charge in [0.1, 0.15) is 5.78 Å². The number of ketones is 1. The van der Waals surface area contributed by atoms with Gasteiger partial charge in [0.05, 0.1) is 6.10 Å². The van der Waals surface area contributed by atoms with E-state index < -0.39 is 12.1 Å². The first-order valence-corrected chi connectivity index (χ1v) is 9.62. The molecule has 0 amide bonds. The van der Waals surface area contributed by atoms with Gasteiger partial charge >= 0.3 is 5.97 Å². The highest BCUT2D eigenvalue weighted by Crippen LogP contribution is 2.41. The molecule has 1 fully saturated rings. The van der Waals surface area contributed by atoms with E-state index in [1.54, 1.807) is 0 Å². The van der Waals surface area contributed by atoms with Gasteiger partial charge in [-0.05, 0) is 32.1 Å². The van der Waals surface area contributed by atoms with Gasteiger partial charge in [-0.15, -0.1) is 0 Å². The van der Waals surface area contributed by atoms with E-state index in [0.29, 0.717) is 18.6 Å². The van der Waals surface area contributed by atoms with Gasteiger partial charge in [0.2, 0.25) is 0 Å². The molecule has 0 aromatic rings. The summed E-state index contributed by atoms with van der Waals surface area (Å²) in [5.74, 6) is -0.428. The average Bonchev–Trinajstić information content (AvgIpc) is 2.90. The molecular weight excluding hydrogens is 304 g/mol. The van der Waals surface area contributed by atoms with Crippen LogP contribution in [0, 0.1) is 5.41 Å². The zero-order chi connectivity index (χ0) is 17.8. The first kappa shape index (κ1) is 20.9. The number of hydrogen-bond donors (Lipinski definition) is 2. The SMILES string of the molecule is CCCCCC(O)C=CC1(CCCCCCC(=O)O)CCCC1=O. The average molecular weight is 338 g/mol. The summed E-state index contributed by atoms with van der Waals surface area (Å²) in [6.07, 6.45) is 14.5. The molecule has 0 bridgehead atoms. The zero-order valence-electron chi connectivity index (χ0n) is 15.1. The second-order valence-electron chi connectivity index (χ2n) is 7.16. The summed E-state index contributed by atoms with van der Waals surface area (Å²) in [5, 5.41) is 18.7. The lowest BCUT2D eigenvalue weighted by Crippen LogP contribution is -2.23. The summed E-state index contributed by atoms with van der Waals surface area (Å²) in [6.45, 7) is 2.14. The first-order chi connectivity index (χ1) is 11.5. The Morgan fingerprint density at radius 3 is 2.58 bits per heavy atom. The molecule has 4 nitrogen and oxygen atoms in total. The highest BCUT2D eigenvalue weighted by Gasteiger charge is 2.38. The van der Waals surface area contributed by atoms with Crippen LogP contribution in [-0.4, -0.2) is 28.1 Å². The summed E-state index contributed by atoms with van der Waals surface area (Å²) in [5.41, 5.74) is -0.376. The Morgan fingerprint density at radius 1 is 1.21 bits per heavy atom. The van der Waals surface area contributed by atoms with Gasteiger partial charge in [0.25, 0.3) is 0 Å². The molecule has 2 atom stereocenters. The van der Waals surface area contributed by atoms with Gasteiger partial charge in [0.15, 0.2) is 0 Å². The molecule has 0 heterocycles. The summed E-state index contributed by atoms with van der Waals surface area (Å²) in [6, 6.07) is 0. The number of aliphatic carboxylic acids is 1. The lowest BCUT2D eigenvalue weighted by Gasteiger charge is -2.24. The van der Waals surface area contributed by atoms with E-state index in [9.17, 15) is 14.7 Å². The van der Waals surface area contributed by atoms with Crippen LogP contribution >= 0.6 is 0 Å². The minimum Gasteiger partial charge on any atom is -0.481 e. The maximum atomic E-state index is 12.4. The maximum Gasteiger partial charge on any atom is 0.303 e. The molecule has 2 N–H and O–H groups in total. The van der Waals surface area contributed by atoms with Gasteiger partial charge < -0.3 is 10.2 Å². The van der Waals surface area contributed by atoms with E-state index in [4.69, 9.17) is 5.11 Å². The van der Waals surface area contributed by atoms with Crippen LogP contribution in [-0.2, 0) is 9.59 Å². The number of unbranched alkanes of at least 4 members (excludes halogenated alkanes) is 5. The van der Waals surface area contributed by atoms with E-state index >= 15 is 0 Å². The Hall–Kier alpha value is -1.16. The topological polar surface area (TPSA) is 74.6 Å². The van der Waals surface area contributed by atoms with Crippen LogP contribution in [0.15, 0.2) is 12.2 Å². The molecule has 0 aliphatic heterocycles. The first-order valence-electron chi connectivity index (χ1n) is 9.62. The molecule has 0 saturated heterocycles. The lowest BCUT2D eigenvalue weighted by molar-refractivity contribution is -0.137. The minimum absolute atomic E-state index is 0.230. The molecule has 1 aliphatic carbocycles. The molecule has 24 heavy (non-hydrogen) atoms. The number of carbonyl (C=O) groups excluding carboxylic acids is 1. The van der Waals surface area contributed by atoms with Crippen molar-refractivity contribution in [3.63, 3.8) is 0 Å². The van der Waals surface area contributed by atoms with Crippen LogP contribution < -0.4 is 0 Å². The third-order valence-corrected chi connectivity index (χ3v) is 5.09. The zero-order valence-corrected chi connectivity index (χ0v) is 15.1. The van der Waals surface area contributed by atoms with Gasteiger partial charge in [0, 0.05) is 18.3 Å². The number of allylic oxidation sites excluding steroid dienone is 1. The number of carboxylic acid groups (broad SMARTS) is 1. The van der Waals surface area contributed by atoms with Crippen LogP contribution in [0.2, 0.25) is 0 Å². The van der Waals surface area contributed by atoms with E-state index in [0.717, 1.165) is 64.2 Å². The van der Waals surface area contributed by atoms with Crippen molar-refractivity contribution in [3.8, 4) is 0 Å². The van der Waals surface area contributed by atoms with Crippen LogP contribution in [0.1, 0.15) is 90.4 Å². The second-order valence-corrected chi connectivity index (χ2v) is 7.16. The van der Waals surface area contributed by atoms with Crippen molar-refractivity contribution in [1.82, 2.24) is 0 Å². The Bertz CT molecular complexity index is 416. The fourth-order valence-electron chi connectivity index (χ4n) is 3.54. The highest BCUT2D eigenvalue weighted by atomic mass is 16.4. The predicted molar refractivity (Wildman–Crippen MR) is 95.9 cm³/mol. The number of hydrogen-bond acceptors (Lipinski definition) is 3. The Kier molecular flexibility index (Phi) is 9.92. The standard InChI is InChI=1S/C20H34O4/c1-2-3-6-10-17(21)13-16-20(15-9-11-18(20)22)14-8-5-4-7-12-19(23)24/h13,16-17,21H,2-12,14-15H2,1H3,(H,23,24). The lowest BCUT2D eigenvalue weighted by atomic mass is 9.79. The number of Topliss-reactive ketones (excluding diaryl/α,β-unsaturated/α-hetero) is 1. The summed E-state index contributed by atoms with van der Waals surface area (Å²) >= 11 is 0. The third kappa shape index (κ3) is 7.61. The smallest absolute Gasteiger partial charge is 0.303 e. The maximum absolute atomic E-state index is 12.4. The Balaban J connectivity index is 2.42. The van der Waals surface area contributed by atoms with Crippen molar-refractivity contribution >= 4 is 11.8 Å². The van der Waals surface area contributed by atoms with E-state index in [2.05, 4.69) is 6.92 Å². The van der Waals surface area contributed by atoms with Crippen molar-refractivity contribution in [1.29, 1.82) is 0 Å². The molecule has 1 rings (SSSR count). The van der Waals surface area contributed by atoms with Crippen molar-refractivity contribution < 1.29 is 19.8 Å². The van der Waals surface area contributed by atoms with Crippen molar-refractivity contribution in [3.05, 3.63) is 12.2 Å². The van der Waals surface area contributed by atoms with Crippen molar-refractivity contribution in [2.75, 3.05) is 0 Å². The Morgan fingerprint density at radius 2 is 1.96 bits per heavy atom. The fourth-order valence-corrected chi connectivity index (χ4v) is 3.54. The largest absolute Gasteiger partial charge is 0.481 e. The molecule has 1 saturated carbocycles. The predicted octanol–water partition coefficient (Wildman–Crippen LogP) is 4.65. The Labute approximate surface area is 146 Å². The van der Waals surface area contributed by atoms with Crippen LogP contribution in [0.25, 0.3) is 0 Å². The number of carboxylic acids is 1. The molecule has 138 valence electrons. The second kappa shape index (κ2) is 11.4. The van der Waals surface area contributed by atoms with Crippen LogP contribution in [0.4, 0.5) is 0 Å². The van der Waals surface area contributed by atoms with Gasteiger partial charge in [-0.25, -0.2) is 0 Å². The van der Waals surface area contributed by atoms with Gasteiger partial charge in [-0.3, -0.25) is 9.59 Å². The molecule has 1 aliphatic rings. The van der Waals surface area contributed by atoms with Crippen molar-refractivity contribution in [2.45, 2.75) is 96.5 Å². The molecule has 0 aromatic carbocycles. The summed E-state index contributed by atoms with van der Waals surface area (Å²) in [7, 11) is 0. The molecule has 4 heteroatoms. The fraction of sp³-hybridized carbons (Fsp3) is 0.800. The van der Waals surface area contributed by atoms with E-state index in [-0.39, 0.29) is 11.8 Å². The summed E-state index contributed by atoms with van der Waals surface area (Å²) in [4.78, 5) is 22.9. The molecule has 0 aromatic heterocycles. The van der Waals surface area contributed by atoms with Crippen LogP contribution in [0.5, 0.6) is 0 Å². The third-order valence-electron chi connectivity index (χ3n) is 5.09.